The van der Waals surface area contributed by atoms with Crippen LogP contribution in [0, 0.1) is 22.7 Å². The zero-order valence-electron chi connectivity index (χ0n) is 24.4. The van der Waals surface area contributed by atoms with E-state index in [0.717, 1.165) is 24.0 Å². The van der Waals surface area contributed by atoms with Gasteiger partial charge in [-0.1, -0.05) is 44.7 Å². The Morgan fingerprint density at radius 3 is 2.36 bits per heavy atom. The van der Waals surface area contributed by atoms with Crippen LogP contribution in [0.2, 0.25) is 0 Å². The highest BCUT2D eigenvalue weighted by Crippen LogP contribution is 2.69. The van der Waals surface area contributed by atoms with Crippen LogP contribution in [-0.2, 0) is 16.7 Å². The maximum absolute atomic E-state index is 13.7. The van der Waals surface area contributed by atoms with Gasteiger partial charge in [-0.05, 0) is 96.8 Å². The summed E-state index contributed by atoms with van der Waals surface area (Å²) in [5.41, 5.74) is 1.46. The van der Waals surface area contributed by atoms with Crippen LogP contribution in [0.4, 0.5) is 36.4 Å². The minimum absolute atomic E-state index is 0.0166. The van der Waals surface area contributed by atoms with Gasteiger partial charge in [-0.2, -0.15) is 39.2 Å². The van der Waals surface area contributed by atoms with Crippen molar-refractivity contribution in [3.63, 3.8) is 0 Å². The zero-order valence-corrected chi connectivity index (χ0v) is 25.2. The van der Waals surface area contributed by atoms with E-state index in [1.54, 1.807) is 12.1 Å². The average Bonchev–Trinajstić information content (AvgIpc) is 3.22. The van der Waals surface area contributed by atoms with Gasteiger partial charge in [0.05, 0.1) is 11.8 Å². The van der Waals surface area contributed by atoms with Gasteiger partial charge in [0.1, 0.15) is 6.10 Å². The lowest BCUT2D eigenvalue weighted by atomic mass is 9.44. The number of unbranched alkanes of at least 4 members (excludes halogenated alkanes) is 3. The van der Waals surface area contributed by atoms with E-state index in [0.29, 0.717) is 38.5 Å². The van der Waals surface area contributed by atoms with Crippen LogP contribution < -0.4 is 4.72 Å². The molecule has 0 radical (unpaired) electrons. The Labute approximate surface area is 253 Å². The SMILES string of the molecule is C=CC12CCc3cc(NS(=O)(=O)O)ccc3C1[C@@H](CCCCCC[C@H](O)C(F)(F)C(F)(F)C(F)(F)F)C[C@@]1(C)C2CC[C@@H]1O. The molecule has 4 rings (SSSR count). The van der Waals surface area contributed by atoms with Gasteiger partial charge in [0, 0.05) is 0 Å². The molecule has 1 aromatic rings. The Morgan fingerprint density at radius 1 is 1.09 bits per heavy atom. The van der Waals surface area contributed by atoms with Crippen molar-refractivity contribution in [2.75, 3.05) is 4.72 Å². The molecule has 0 saturated heterocycles. The van der Waals surface area contributed by atoms with E-state index in [1.807, 2.05) is 12.1 Å². The van der Waals surface area contributed by atoms with Gasteiger partial charge in [-0.3, -0.25) is 9.27 Å². The van der Waals surface area contributed by atoms with Gasteiger partial charge in [-0.15, -0.1) is 6.58 Å². The van der Waals surface area contributed by atoms with Crippen LogP contribution in [0.15, 0.2) is 30.9 Å². The second-order valence-electron chi connectivity index (χ2n) is 13.1. The topological polar surface area (TPSA) is 107 Å². The molecular formula is C30H40F7NO5S. The number of fused-ring (bicyclic) bond motifs is 5. The lowest BCUT2D eigenvalue weighted by Crippen LogP contribution is -2.57. The van der Waals surface area contributed by atoms with E-state index < -0.39 is 47.0 Å². The molecule has 44 heavy (non-hydrogen) atoms. The maximum Gasteiger partial charge on any atom is 0.459 e. The first kappa shape index (κ1) is 35.0. The number of nitrogens with one attached hydrogen (secondary N) is 1. The molecule has 3 aliphatic rings. The molecule has 2 saturated carbocycles. The fourth-order valence-electron chi connectivity index (χ4n) is 8.60. The molecule has 3 unspecified atom stereocenters. The smallest absolute Gasteiger partial charge is 0.393 e. The first-order chi connectivity index (χ1) is 20.2. The van der Waals surface area contributed by atoms with Crippen molar-refractivity contribution in [1.82, 2.24) is 0 Å². The fraction of sp³-hybridized carbons (Fsp3) is 0.733. The molecule has 3 aliphatic carbocycles. The summed E-state index contributed by atoms with van der Waals surface area (Å²) in [6.45, 7) is 6.32. The third-order valence-electron chi connectivity index (χ3n) is 10.6. The molecule has 6 nitrogen and oxygen atoms in total. The summed E-state index contributed by atoms with van der Waals surface area (Å²) in [5, 5.41) is 20.6. The average molecular weight is 660 g/mol. The largest absolute Gasteiger partial charge is 0.459 e. The van der Waals surface area contributed by atoms with Crippen molar-refractivity contribution in [3.8, 4) is 0 Å². The van der Waals surface area contributed by atoms with Crippen LogP contribution in [0.3, 0.4) is 0 Å². The Morgan fingerprint density at radius 2 is 1.75 bits per heavy atom. The number of alkyl halides is 7. The molecule has 1 aromatic carbocycles. The fourth-order valence-corrected chi connectivity index (χ4v) is 9.02. The number of rotatable bonds is 12. The summed E-state index contributed by atoms with van der Waals surface area (Å²) in [5.74, 6) is -11.8. The van der Waals surface area contributed by atoms with Crippen LogP contribution in [0.5, 0.6) is 0 Å². The van der Waals surface area contributed by atoms with Crippen molar-refractivity contribution in [1.29, 1.82) is 0 Å². The number of hydrogen-bond acceptors (Lipinski definition) is 4. The van der Waals surface area contributed by atoms with Gasteiger partial charge in [0.25, 0.3) is 0 Å². The normalized spacial score (nSPS) is 31.5. The van der Waals surface area contributed by atoms with E-state index in [2.05, 4.69) is 18.2 Å². The summed E-state index contributed by atoms with van der Waals surface area (Å²) in [4.78, 5) is 0. The van der Waals surface area contributed by atoms with E-state index >= 15 is 0 Å². The number of aliphatic hydroxyl groups excluding tert-OH is 2. The number of benzene rings is 1. The second kappa shape index (κ2) is 12.0. The molecule has 0 heterocycles. The lowest BCUT2D eigenvalue weighted by molar-refractivity contribution is -0.371. The highest BCUT2D eigenvalue weighted by molar-refractivity contribution is 7.87. The van der Waals surface area contributed by atoms with E-state index in [9.17, 15) is 53.9 Å². The third-order valence-corrected chi connectivity index (χ3v) is 11.1. The van der Waals surface area contributed by atoms with Crippen LogP contribution in [0.1, 0.15) is 88.2 Å². The maximum atomic E-state index is 13.7. The molecule has 0 aliphatic heterocycles. The predicted octanol–water partition coefficient (Wildman–Crippen LogP) is 7.44. The lowest BCUT2D eigenvalue weighted by Gasteiger charge is -2.60. The first-order valence-corrected chi connectivity index (χ1v) is 16.4. The van der Waals surface area contributed by atoms with Gasteiger partial charge in [0.15, 0.2) is 0 Å². The molecule has 14 heteroatoms. The highest BCUT2D eigenvalue weighted by atomic mass is 32.2. The molecule has 0 aromatic heterocycles. The van der Waals surface area contributed by atoms with E-state index in [1.165, 1.54) is 0 Å². The molecular weight excluding hydrogens is 619 g/mol. The highest BCUT2D eigenvalue weighted by Gasteiger charge is 2.75. The van der Waals surface area contributed by atoms with Crippen LogP contribution in [-0.4, -0.2) is 53.4 Å². The Kier molecular flexibility index (Phi) is 9.56. The number of hydrogen-bond donors (Lipinski definition) is 4. The van der Waals surface area contributed by atoms with Crippen molar-refractivity contribution >= 4 is 16.0 Å². The predicted molar refractivity (Wildman–Crippen MR) is 150 cm³/mol. The monoisotopic (exact) mass is 659 g/mol. The molecule has 2 fully saturated rings. The second-order valence-corrected chi connectivity index (χ2v) is 14.3. The molecule has 0 spiro atoms. The summed E-state index contributed by atoms with van der Waals surface area (Å²) >= 11 is 0. The van der Waals surface area contributed by atoms with Gasteiger partial charge >= 0.3 is 28.3 Å². The molecule has 0 amide bonds. The summed E-state index contributed by atoms with van der Waals surface area (Å²) in [6, 6.07) is 5.14. The quantitative estimate of drug-likeness (QED) is 0.0808. The number of aryl methyl sites for hydroxylation is 1. The number of anilines is 1. The minimum atomic E-state index is -6.49. The van der Waals surface area contributed by atoms with Crippen molar-refractivity contribution < 1.29 is 53.9 Å². The summed E-state index contributed by atoms with van der Waals surface area (Å²) < 4.78 is 125. The Hall–Kier alpha value is -1.90. The number of aliphatic hydroxyl groups is 2. The van der Waals surface area contributed by atoms with Crippen LogP contribution >= 0.6 is 0 Å². The van der Waals surface area contributed by atoms with Gasteiger partial charge < -0.3 is 10.2 Å². The van der Waals surface area contributed by atoms with Crippen molar-refractivity contribution in [2.24, 2.45) is 22.7 Å². The summed E-state index contributed by atoms with van der Waals surface area (Å²) in [6.07, 6.45) is -3.75. The Bertz CT molecular complexity index is 1320. The van der Waals surface area contributed by atoms with Crippen molar-refractivity contribution in [2.45, 2.75) is 114 Å². The summed E-state index contributed by atoms with van der Waals surface area (Å²) in [7, 11) is -4.47. The molecule has 4 N–H and O–H groups in total. The first-order valence-electron chi connectivity index (χ1n) is 14.9. The van der Waals surface area contributed by atoms with Crippen LogP contribution in [0.25, 0.3) is 0 Å². The van der Waals surface area contributed by atoms with Crippen molar-refractivity contribution in [3.05, 3.63) is 42.0 Å². The Balaban J connectivity index is 1.48. The molecule has 7 atom stereocenters. The van der Waals surface area contributed by atoms with Gasteiger partial charge in [-0.25, -0.2) is 0 Å². The standard InChI is InChI=1S/C30H40F7NO5S/c1-3-27-15-14-18-16-20(38-44(41,42)43)10-11-21(18)25(27)19(17-26(2)22(27)12-13-23(26)39)8-6-4-5-7-9-24(40)28(31,32)29(33,34)30(35,36)37/h3,10-11,16,19,22-25,38-40H,1,4-9,12-15,17H2,2H3,(H,41,42,43)/t19-,22?,23-,24-,25?,26-,27?/m0/s1. The third kappa shape index (κ3) is 6.12. The number of allylic oxidation sites excluding steroid dienone is 1. The van der Waals surface area contributed by atoms with E-state index in [4.69, 9.17) is 0 Å². The van der Waals surface area contributed by atoms with E-state index in [-0.39, 0.29) is 47.1 Å². The molecule has 0 bridgehead atoms. The molecule has 250 valence electrons. The van der Waals surface area contributed by atoms with Gasteiger partial charge in [0.2, 0.25) is 0 Å². The minimum Gasteiger partial charge on any atom is -0.393 e. The zero-order chi connectivity index (χ0) is 32.9. The number of halogens is 7.